The van der Waals surface area contributed by atoms with Crippen LogP contribution in [0.4, 0.5) is 5.82 Å². The molecule has 3 aromatic rings. The topological polar surface area (TPSA) is 67.2 Å². The smallest absolute Gasteiger partial charge is 0.255 e. The van der Waals surface area contributed by atoms with Gasteiger partial charge in [0.25, 0.3) is 5.91 Å². The van der Waals surface area contributed by atoms with E-state index in [0.717, 1.165) is 5.69 Å². The van der Waals surface area contributed by atoms with Gasteiger partial charge in [-0.1, -0.05) is 67.2 Å². The Balaban J connectivity index is 1.87. The maximum Gasteiger partial charge on any atom is 0.255 e. The zero-order chi connectivity index (χ0) is 25.2. The minimum Gasteiger partial charge on any atom is -0.330 e. The predicted molar refractivity (Wildman–Crippen MR) is 139 cm³/mol. The van der Waals surface area contributed by atoms with E-state index < -0.39 is 0 Å². The van der Waals surface area contributed by atoms with Crippen molar-refractivity contribution in [3.8, 4) is 5.69 Å². The summed E-state index contributed by atoms with van der Waals surface area (Å²) in [4.78, 5) is 27.3. The van der Waals surface area contributed by atoms with Crippen LogP contribution in [0, 0.1) is 0 Å². The summed E-state index contributed by atoms with van der Waals surface area (Å²) in [7, 11) is 0. The number of hydrogen-bond donors (Lipinski definition) is 1. The van der Waals surface area contributed by atoms with E-state index in [1.54, 1.807) is 48.0 Å². The van der Waals surface area contributed by atoms with Gasteiger partial charge in [0, 0.05) is 23.0 Å². The summed E-state index contributed by atoms with van der Waals surface area (Å²) in [5.74, 6) is -0.309. The summed E-state index contributed by atoms with van der Waals surface area (Å²) in [5, 5.41) is 8.97. The summed E-state index contributed by atoms with van der Waals surface area (Å²) in [6.45, 7) is 7.98. The highest BCUT2D eigenvalue weighted by atomic mass is 35.5. The van der Waals surface area contributed by atoms with E-state index in [-0.39, 0.29) is 34.4 Å². The van der Waals surface area contributed by atoms with E-state index in [1.165, 1.54) is 11.0 Å². The van der Waals surface area contributed by atoms with Crippen LogP contribution in [0.1, 0.15) is 43.7 Å². The first-order valence-corrected chi connectivity index (χ1v) is 12.0. The number of rotatable bonds is 6. The van der Waals surface area contributed by atoms with E-state index in [4.69, 9.17) is 46.4 Å². The zero-order valence-electron chi connectivity index (χ0n) is 19.1. The molecule has 2 aromatic carbocycles. The SMILES string of the molecule is CCN(CC(=O)Nc1cc(C(C)(C)C)nn1-c1ccc(Cl)c(Cl)c1)C(=O)c1ccc(Cl)cc1Cl. The van der Waals surface area contributed by atoms with Crippen molar-refractivity contribution in [1.82, 2.24) is 14.7 Å². The second kappa shape index (κ2) is 10.6. The van der Waals surface area contributed by atoms with Crippen molar-refractivity contribution >= 4 is 64.0 Å². The minimum absolute atomic E-state index is 0.175. The van der Waals surface area contributed by atoms with Crippen molar-refractivity contribution < 1.29 is 9.59 Å². The Hall–Kier alpha value is -2.25. The lowest BCUT2D eigenvalue weighted by atomic mass is 9.92. The molecule has 10 heteroatoms. The number of amides is 2. The van der Waals surface area contributed by atoms with Gasteiger partial charge in [-0.05, 0) is 43.3 Å². The van der Waals surface area contributed by atoms with Gasteiger partial charge in [0.1, 0.15) is 12.4 Å². The van der Waals surface area contributed by atoms with Crippen LogP contribution >= 0.6 is 46.4 Å². The fourth-order valence-electron chi connectivity index (χ4n) is 3.17. The normalized spacial score (nSPS) is 11.4. The molecule has 1 aromatic heterocycles. The van der Waals surface area contributed by atoms with Gasteiger partial charge in [-0.25, -0.2) is 4.68 Å². The van der Waals surface area contributed by atoms with Gasteiger partial charge in [0.15, 0.2) is 0 Å². The molecule has 0 fully saturated rings. The molecule has 0 unspecified atom stereocenters. The van der Waals surface area contributed by atoms with E-state index in [2.05, 4.69) is 10.4 Å². The molecule has 34 heavy (non-hydrogen) atoms. The zero-order valence-corrected chi connectivity index (χ0v) is 22.1. The average molecular weight is 542 g/mol. The van der Waals surface area contributed by atoms with Crippen LogP contribution in [-0.4, -0.2) is 39.6 Å². The van der Waals surface area contributed by atoms with Gasteiger partial charge in [-0.15, -0.1) is 0 Å². The molecule has 0 spiro atoms. The lowest BCUT2D eigenvalue weighted by Gasteiger charge is -2.21. The number of benzene rings is 2. The van der Waals surface area contributed by atoms with Gasteiger partial charge in [0.2, 0.25) is 5.91 Å². The lowest BCUT2D eigenvalue weighted by molar-refractivity contribution is -0.116. The van der Waals surface area contributed by atoms with Crippen LogP contribution in [0.5, 0.6) is 0 Å². The monoisotopic (exact) mass is 540 g/mol. The Kier molecular flexibility index (Phi) is 8.19. The number of aromatic nitrogens is 2. The fourth-order valence-corrected chi connectivity index (χ4v) is 3.95. The molecule has 0 aliphatic rings. The molecular formula is C24H24Cl4N4O2. The van der Waals surface area contributed by atoms with Crippen molar-refractivity contribution in [2.75, 3.05) is 18.4 Å². The third-order valence-electron chi connectivity index (χ3n) is 5.06. The maximum absolute atomic E-state index is 13.0. The van der Waals surface area contributed by atoms with Gasteiger partial charge in [-0.2, -0.15) is 5.10 Å². The molecule has 0 saturated carbocycles. The third-order valence-corrected chi connectivity index (χ3v) is 6.34. The highest BCUT2D eigenvalue weighted by Gasteiger charge is 2.24. The number of nitrogens with one attached hydrogen (secondary N) is 1. The standard InChI is InChI=1S/C24H24Cl4N4O2/c1-5-31(23(34)16-8-6-14(25)10-18(16)27)13-22(33)29-21-12-20(24(2,3)4)30-32(21)15-7-9-17(26)19(28)11-15/h6-12H,5,13H2,1-4H3,(H,29,33). The Bertz CT molecular complexity index is 1230. The van der Waals surface area contributed by atoms with Crippen molar-refractivity contribution in [2.45, 2.75) is 33.1 Å². The molecule has 3 rings (SSSR count). The number of hydrogen-bond acceptors (Lipinski definition) is 3. The fraction of sp³-hybridized carbons (Fsp3) is 0.292. The van der Waals surface area contributed by atoms with Crippen LogP contribution < -0.4 is 5.32 Å². The molecule has 180 valence electrons. The van der Waals surface area contributed by atoms with Crippen molar-refractivity contribution in [1.29, 1.82) is 0 Å². The number of likely N-dealkylation sites (N-methyl/N-ethyl adjacent to an activating group) is 1. The first kappa shape index (κ1) is 26.4. The molecule has 0 bridgehead atoms. The molecule has 0 aliphatic heterocycles. The number of halogens is 4. The number of carbonyl (C=O) groups excluding carboxylic acids is 2. The highest BCUT2D eigenvalue weighted by Crippen LogP contribution is 2.29. The average Bonchev–Trinajstić information content (AvgIpc) is 3.17. The molecule has 0 saturated heterocycles. The Morgan fingerprint density at radius 2 is 1.68 bits per heavy atom. The Morgan fingerprint density at radius 3 is 2.26 bits per heavy atom. The molecule has 6 nitrogen and oxygen atoms in total. The highest BCUT2D eigenvalue weighted by molar-refractivity contribution is 6.42. The van der Waals surface area contributed by atoms with Gasteiger partial charge in [0.05, 0.1) is 32.0 Å². The summed E-state index contributed by atoms with van der Waals surface area (Å²) in [5.41, 5.74) is 1.41. The second-order valence-electron chi connectivity index (χ2n) is 8.67. The predicted octanol–water partition coefficient (Wildman–Crippen LogP) is 6.88. The molecular weight excluding hydrogens is 518 g/mol. The van der Waals surface area contributed by atoms with E-state index in [0.29, 0.717) is 33.1 Å². The van der Waals surface area contributed by atoms with Crippen molar-refractivity contribution in [3.05, 3.63) is 73.8 Å². The number of anilines is 1. The molecule has 1 N–H and O–H groups in total. The second-order valence-corrected chi connectivity index (χ2v) is 10.3. The molecule has 0 atom stereocenters. The van der Waals surface area contributed by atoms with E-state index >= 15 is 0 Å². The Labute approximate surface area is 218 Å². The van der Waals surface area contributed by atoms with Crippen LogP contribution in [0.25, 0.3) is 5.69 Å². The van der Waals surface area contributed by atoms with Gasteiger partial charge >= 0.3 is 0 Å². The summed E-state index contributed by atoms with van der Waals surface area (Å²) < 4.78 is 1.59. The molecule has 0 radical (unpaired) electrons. The van der Waals surface area contributed by atoms with Crippen LogP contribution in [0.3, 0.4) is 0 Å². The first-order valence-electron chi connectivity index (χ1n) is 10.5. The number of nitrogens with zero attached hydrogens (tertiary/aromatic N) is 3. The molecule has 1 heterocycles. The van der Waals surface area contributed by atoms with Crippen LogP contribution in [-0.2, 0) is 10.2 Å². The minimum atomic E-state index is -0.387. The van der Waals surface area contributed by atoms with Gasteiger partial charge < -0.3 is 10.2 Å². The summed E-state index contributed by atoms with van der Waals surface area (Å²) in [6.07, 6.45) is 0. The van der Waals surface area contributed by atoms with Crippen molar-refractivity contribution in [3.63, 3.8) is 0 Å². The quantitative estimate of drug-likeness (QED) is 0.369. The van der Waals surface area contributed by atoms with Crippen LogP contribution in [0.15, 0.2) is 42.5 Å². The molecule has 2 amide bonds. The third kappa shape index (κ3) is 6.05. The first-order chi connectivity index (χ1) is 15.9. The van der Waals surface area contributed by atoms with E-state index in [9.17, 15) is 9.59 Å². The lowest BCUT2D eigenvalue weighted by Crippen LogP contribution is -2.38. The van der Waals surface area contributed by atoms with Crippen molar-refractivity contribution in [2.24, 2.45) is 0 Å². The maximum atomic E-state index is 13.0. The Morgan fingerprint density at radius 1 is 0.971 bits per heavy atom. The van der Waals surface area contributed by atoms with Gasteiger partial charge in [-0.3, -0.25) is 9.59 Å². The number of carbonyl (C=O) groups is 2. The molecule has 0 aliphatic carbocycles. The van der Waals surface area contributed by atoms with Crippen LogP contribution in [0.2, 0.25) is 20.1 Å². The summed E-state index contributed by atoms with van der Waals surface area (Å²) >= 11 is 24.4. The van der Waals surface area contributed by atoms with E-state index in [1.807, 2.05) is 20.8 Å². The summed E-state index contributed by atoms with van der Waals surface area (Å²) in [6, 6.07) is 11.5. The largest absolute Gasteiger partial charge is 0.330 e.